The zero-order chi connectivity index (χ0) is 21.8. The number of anilines is 1. The summed E-state index contributed by atoms with van der Waals surface area (Å²) in [5.74, 6) is 0.249. The van der Waals surface area contributed by atoms with Gasteiger partial charge < -0.3 is 14.9 Å². The molecule has 158 valence electrons. The number of aliphatic hydroxyl groups is 1. The largest absolute Gasteiger partial charge is 0.488 e. The van der Waals surface area contributed by atoms with Crippen LogP contribution in [0.15, 0.2) is 30.6 Å². The lowest BCUT2D eigenvalue weighted by Gasteiger charge is -2.26. The molecule has 2 rings (SSSR count). The summed E-state index contributed by atoms with van der Waals surface area (Å²) in [4.78, 5) is 20.1. The highest BCUT2D eigenvalue weighted by atomic mass is 19.3. The van der Waals surface area contributed by atoms with Gasteiger partial charge in [-0.15, -0.1) is 0 Å². The molecule has 2 aromatic heterocycles. The molecule has 0 unspecified atom stereocenters. The summed E-state index contributed by atoms with van der Waals surface area (Å²) in [6.45, 7) is 5.34. The number of nitrogens with zero attached hydrogens (tertiary/aromatic N) is 3. The topological polar surface area (TPSA) is 95.8 Å². The van der Waals surface area contributed by atoms with Crippen LogP contribution < -0.4 is 9.64 Å². The molecule has 0 bridgehead atoms. The lowest BCUT2D eigenvalue weighted by molar-refractivity contribution is -0.00657. The molecule has 2 N–H and O–H groups in total. The quantitative estimate of drug-likeness (QED) is 0.672. The molecule has 2 heterocycles. The third kappa shape index (κ3) is 6.08. The highest BCUT2D eigenvalue weighted by Gasteiger charge is 2.25. The third-order valence-electron chi connectivity index (χ3n) is 4.19. The number of carboxylic acid groups (broad SMARTS) is 1. The van der Waals surface area contributed by atoms with Crippen LogP contribution in [0.25, 0.3) is 11.3 Å². The van der Waals surface area contributed by atoms with Crippen LogP contribution in [0.5, 0.6) is 5.75 Å². The maximum atomic E-state index is 13.6. The molecule has 0 aliphatic rings. The second kappa shape index (κ2) is 9.13. The van der Waals surface area contributed by atoms with Crippen LogP contribution in [0.3, 0.4) is 0 Å². The van der Waals surface area contributed by atoms with Crippen LogP contribution in [-0.2, 0) is 0 Å². The Kier molecular flexibility index (Phi) is 7.07. The van der Waals surface area contributed by atoms with E-state index < -0.39 is 18.1 Å². The highest BCUT2D eigenvalue weighted by Crippen LogP contribution is 2.33. The Hall–Kier alpha value is -2.81. The predicted octanol–water partition coefficient (Wildman–Crippen LogP) is 4.37. The fourth-order valence-electron chi connectivity index (χ4n) is 2.94. The van der Waals surface area contributed by atoms with Crippen molar-refractivity contribution in [3.63, 3.8) is 0 Å². The fraction of sp³-hybridized carbons (Fsp3) is 0.450. The van der Waals surface area contributed by atoms with Crippen molar-refractivity contribution in [2.75, 3.05) is 18.6 Å². The SMILES string of the molecule is CC(C)C[C@](C)(O)COc1cnc(-c2ccnc(N(C)C(=O)O)c2)cc1C(F)F. The third-order valence-corrected chi connectivity index (χ3v) is 4.19. The zero-order valence-electron chi connectivity index (χ0n) is 16.8. The molecule has 0 aliphatic heterocycles. The van der Waals surface area contributed by atoms with Crippen molar-refractivity contribution < 1.29 is 28.5 Å². The van der Waals surface area contributed by atoms with Gasteiger partial charge in [0.2, 0.25) is 0 Å². The minimum absolute atomic E-state index is 0.107. The summed E-state index contributed by atoms with van der Waals surface area (Å²) in [6.07, 6.45) is -0.998. The first-order chi connectivity index (χ1) is 13.5. The number of amides is 1. The lowest BCUT2D eigenvalue weighted by atomic mass is 9.95. The van der Waals surface area contributed by atoms with Gasteiger partial charge in [-0.2, -0.15) is 0 Å². The molecule has 0 saturated heterocycles. The van der Waals surface area contributed by atoms with E-state index in [-0.39, 0.29) is 35.3 Å². The fourth-order valence-corrected chi connectivity index (χ4v) is 2.94. The summed E-state index contributed by atoms with van der Waals surface area (Å²) in [7, 11) is 1.33. The second-order valence-corrected chi connectivity index (χ2v) is 7.54. The van der Waals surface area contributed by atoms with E-state index in [1.807, 2.05) is 13.8 Å². The van der Waals surface area contributed by atoms with E-state index >= 15 is 0 Å². The Balaban J connectivity index is 2.30. The lowest BCUT2D eigenvalue weighted by Crippen LogP contribution is -2.34. The number of ether oxygens (including phenoxy) is 1. The summed E-state index contributed by atoms with van der Waals surface area (Å²) < 4.78 is 32.7. The van der Waals surface area contributed by atoms with E-state index in [0.717, 1.165) is 4.90 Å². The molecule has 0 saturated carbocycles. The van der Waals surface area contributed by atoms with Gasteiger partial charge >= 0.3 is 6.09 Å². The summed E-state index contributed by atoms with van der Waals surface area (Å²) >= 11 is 0. The molecule has 0 aliphatic carbocycles. The zero-order valence-corrected chi connectivity index (χ0v) is 16.8. The number of hydrogen-bond donors (Lipinski definition) is 2. The number of alkyl halides is 2. The van der Waals surface area contributed by atoms with Crippen molar-refractivity contribution in [3.05, 3.63) is 36.2 Å². The van der Waals surface area contributed by atoms with Gasteiger partial charge in [-0.05, 0) is 37.5 Å². The van der Waals surface area contributed by atoms with E-state index in [0.29, 0.717) is 12.0 Å². The smallest absolute Gasteiger partial charge is 0.412 e. The van der Waals surface area contributed by atoms with Crippen LogP contribution in [-0.4, -0.2) is 45.5 Å². The molecule has 0 aromatic carbocycles. The molecule has 0 spiro atoms. The first kappa shape index (κ1) is 22.5. The summed E-state index contributed by atoms with van der Waals surface area (Å²) in [5, 5.41) is 19.4. The standard InChI is InChI=1S/C20H25F2N3O4/c1-12(2)9-20(3,28)11-29-16-10-24-15(8-14(16)18(21)22)13-5-6-23-17(7-13)25(4)19(26)27/h5-8,10,12,18,28H,9,11H2,1-4H3,(H,26,27)/t20-/m0/s1. The monoisotopic (exact) mass is 409 g/mol. The first-order valence-corrected chi connectivity index (χ1v) is 9.06. The van der Waals surface area contributed by atoms with Crippen LogP contribution in [0.1, 0.15) is 39.2 Å². The van der Waals surface area contributed by atoms with Crippen molar-refractivity contribution in [1.82, 2.24) is 9.97 Å². The normalized spacial score (nSPS) is 13.4. The van der Waals surface area contributed by atoms with E-state index in [2.05, 4.69) is 9.97 Å². The minimum Gasteiger partial charge on any atom is -0.488 e. The average Bonchev–Trinajstić information content (AvgIpc) is 2.64. The number of halogens is 2. The van der Waals surface area contributed by atoms with Crippen LogP contribution in [0, 0.1) is 5.92 Å². The number of carbonyl (C=O) groups is 1. The Labute approximate surface area is 168 Å². The number of hydrogen-bond acceptors (Lipinski definition) is 5. The molecular weight excluding hydrogens is 384 g/mol. The second-order valence-electron chi connectivity index (χ2n) is 7.54. The maximum absolute atomic E-state index is 13.6. The van der Waals surface area contributed by atoms with Gasteiger partial charge in [0, 0.05) is 18.8 Å². The van der Waals surface area contributed by atoms with Crippen molar-refractivity contribution in [2.24, 2.45) is 5.92 Å². The van der Waals surface area contributed by atoms with Gasteiger partial charge in [-0.25, -0.2) is 18.6 Å². The summed E-state index contributed by atoms with van der Waals surface area (Å²) in [5.41, 5.74) is -0.860. The molecule has 29 heavy (non-hydrogen) atoms. The van der Waals surface area contributed by atoms with E-state index in [4.69, 9.17) is 9.84 Å². The average molecular weight is 409 g/mol. The molecule has 2 aromatic rings. The van der Waals surface area contributed by atoms with Crippen molar-refractivity contribution in [1.29, 1.82) is 0 Å². The number of rotatable bonds is 8. The van der Waals surface area contributed by atoms with E-state index in [9.17, 15) is 18.7 Å². The van der Waals surface area contributed by atoms with E-state index in [1.54, 1.807) is 13.0 Å². The number of pyridine rings is 2. The van der Waals surface area contributed by atoms with Crippen molar-refractivity contribution >= 4 is 11.9 Å². The molecule has 1 amide bonds. The van der Waals surface area contributed by atoms with Crippen molar-refractivity contribution in [2.45, 2.75) is 39.2 Å². The Morgan fingerprint density at radius 1 is 1.31 bits per heavy atom. The highest BCUT2D eigenvalue weighted by molar-refractivity contribution is 5.84. The van der Waals surface area contributed by atoms with Crippen LogP contribution in [0.2, 0.25) is 0 Å². The van der Waals surface area contributed by atoms with Gasteiger partial charge in [0.05, 0.1) is 23.1 Å². The molecule has 7 nitrogen and oxygen atoms in total. The molecular formula is C20H25F2N3O4. The predicted molar refractivity (Wildman–Crippen MR) is 104 cm³/mol. The minimum atomic E-state index is -2.82. The molecule has 0 fully saturated rings. The van der Waals surface area contributed by atoms with Gasteiger partial charge in [-0.1, -0.05) is 13.8 Å². The van der Waals surface area contributed by atoms with Gasteiger partial charge in [0.25, 0.3) is 6.43 Å². The summed E-state index contributed by atoms with van der Waals surface area (Å²) in [6, 6.07) is 4.18. The van der Waals surface area contributed by atoms with Gasteiger partial charge in [0.15, 0.2) is 0 Å². The molecule has 1 atom stereocenters. The number of aromatic nitrogens is 2. The molecule has 9 heteroatoms. The van der Waals surface area contributed by atoms with Crippen LogP contribution >= 0.6 is 0 Å². The van der Waals surface area contributed by atoms with Crippen LogP contribution in [0.4, 0.5) is 19.4 Å². The molecule has 0 radical (unpaired) electrons. The van der Waals surface area contributed by atoms with Gasteiger partial charge in [-0.3, -0.25) is 9.88 Å². The van der Waals surface area contributed by atoms with E-state index in [1.165, 1.54) is 31.6 Å². The first-order valence-electron chi connectivity index (χ1n) is 9.06. The Bertz CT molecular complexity index is 859. The van der Waals surface area contributed by atoms with Gasteiger partial charge in [0.1, 0.15) is 18.2 Å². The Morgan fingerprint density at radius 2 is 2.00 bits per heavy atom. The van der Waals surface area contributed by atoms with Crippen molar-refractivity contribution in [3.8, 4) is 17.0 Å². The maximum Gasteiger partial charge on any atom is 0.412 e. The Morgan fingerprint density at radius 3 is 2.59 bits per heavy atom.